The minimum Gasteiger partial charge on any atom is -0.370 e. The molecule has 2 aliphatic heterocycles. The van der Waals surface area contributed by atoms with E-state index in [1.165, 1.54) is 0 Å². The van der Waals surface area contributed by atoms with Gasteiger partial charge in [0, 0.05) is 50.6 Å². The summed E-state index contributed by atoms with van der Waals surface area (Å²) in [6.45, 7) is 1.76. The predicted octanol–water partition coefficient (Wildman–Crippen LogP) is 3.48. The van der Waals surface area contributed by atoms with E-state index in [0.717, 1.165) is 30.2 Å². The molecule has 3 heterocycles. The lowest BCUT2D eigenvalue weighted by molar-refractivity contribution is -0.223. The number of rotatable bonds is 5. The molecule has 0 saturated carbocycles. The van der Waals surface area contributed by atoms with E-state index in [9.17, 15) is 18.0 Å². The molecule has 2 fully saturated rings. The van der Waals surface area contributed by atoms with Gasteiger partial charge in [0.1, 0.15) is 5.69 Å². The second-order valence-corrected chi connectivity index (χ2v) is 8.19. The van der Waals surface area contributed by atoms with Crippen molar-refractivity contribution in [3.63, 3.8) is 0 Å². The number of fused-ring (bicyclic) bond motifs is 1. The maximum atomic E-state index is 12.6. The summed E-state index contributed by atoms with van der Waals surface area (Å²) in [5.41, 5.74) is 1.40. The number of carbonyl (C=O) groups excluding carboxylic acids is 1. The number of nitrogens with one attached hydrogen (secondary N) is 1. The highest BCUT2D eigenvalue weighted by Gasteiger charge is 2.47. The maximum absolute atomic E-state index is 12.6. The van der Waals surface area contributed by atoms with E-state index in [1.807, 2.05) is 46.8 Å². The van der Waals surface area contributed by atoms with Gasteiger partial charge in [-0.05, 0) is 25.0 Å². The molecule has 5 nitrogen and oxygen atoms in total. The topological polar surface area (TPSA) is 46.5 Å². The minimum absolute atomic E-state index is 0.0321. The number of hydrogen-bond acceptors (Lipinski definition) is 3. The number of benzene rings is 1. The van der Waals surface area contributed by atoms with Gasteiger partial charge in [-0.2, -0.15) is 13.2 Å². The van der Waals surface area contributed by atoms with Crippen LogP contribution in [0.1, 0.15) is 36.2 Å². The van der Waals surface area contributed by atoms with Gasteiger partial charge in [0.05, 0.1) is 18.1 Å². The number of hydrogen-bond donors (Lipinski definition) is 1. The van der Waals surface area contributed by atoms with Crippen LogP contribution >= 0.6 is 0 Å². The molecule has 1 aromatic heterocycles. The second kappa shape index (κ2) is 7.65. The van der Waals surface area contributed by atoms with E-state index < -0.39 is 12.6 Å². The molecule has 4 rings (SSSR count). The molecule has 1 spiro atoms. The molecule has 2 aromatic rings. The summed E-state index contributed by atoms with van der Waals surface area (Å²) in [5, 5.41) is 3.97. The number of aryl methyl sites for hydroxylation is 1. The highest BCUT2D eigenvalue weighted by Crippen LogP contribution is 2.41. The van der Waals surface area contributed by atoms with Crippen LogP contribution in [-0.2, 0) is 11.8 Å². The number of amides is 1. The second-order valence-electron chi connectivity index (χ2n) is 8.19. The molecule has 1 unspecified atom stereocenters. The summed E-state index contributed by atoms with van der Waals surface area (Å²) in [6.07, 6.45) is -2.55. The lowest BCUT2D eigenvalue weighted by Gasteiger charge is -2.52. The monoisotopic (exact) mass is 409 g/mol. The molecule has 29 heavy (non-hydrogen) atoms. The number of likely N-dealkylation sites (tertiary alicyclic amines) is 1. The minimum atomic E-state index is -4.10. The highest BCUT2D eigenvalue weighted by atomic mass is 19.4. The largest absolute Gasteiger partial charge is 0.390 e. The van der Waals surface area contributed by atoms with E-state index in [2.05, 4.69) is 5.32 Å². The quantitative estimate of drug-likeness (QED) is 0.823. The molecule has 158 valence electrons. The van der Waals surface area contributed by atoms with Crippen molar-refractivity contribution in [1.82, 2.24) is 14.8 Å². The van der Waals surface area contributed by atoms with Crippen LogP contribution in [0.25, 0.3) is 10.9 Å². The highest BCUT2D eigenvalue weighted by molar-refractivity contribution is 5.98. The third-order valence-corrected chi connectivity index (χ3v) is 6.17. The molecule has 0 aliphatic carbocycles. The molecule has 1 atom stereocenters. The first kappa shape index (κ1) is 20.2. The number of piperidine rings is 1. The number of para-hydroxylation sites is 1. The number of ether oxygens (including phenoxy) is 1. The molecule has 1 amide bonds. The van der Waals surface area contributed by atoms with E-state index in [0.29, 0.717) is 25.3 Å². The average Bonchev–Trinajstić information content (AvgIpc) is 3.00. The van der Waals surface area contributed by atoms with Crippen molar-refractivity contribution in [2.45, 2.75) is 43.6 Å². The first-order valence-corrected chi connectivity index (χ1v) is 10.0. The Morgan fingerprint density at radius 2 is 1.97 bits per heavy atom. The Morgan fingerprint density at radius 1 is 1.28 bits per heavy atom. The summed E-state index contributed by atoms with van der Waals surface area (Å²) in [6, 6.07) is 9.72. The molecular formula is C21H26F3N3O2. The number of halogens is 3. The van der Waals surface area contributed by atoms with Crippen molar-refractivity contribution < 1.29 is 22.7 Å². The van der Waals surface area contributed by atoms with Crippen LogP contribution in [-0.4, -0.2) is 59.4 Å². The fourth-order valence-electron chi connectivity index (χ4n) is 4.47. The lowest BCUT2D eigenvalue weighted by Crippen LogP contribution is -2.59. The van der Waals surface area contributed by atoms with Crippen molar-refractivity contribution in [3.8, 4) is 0 Å². The van der Waals surface area contributed by atoms with E-state index in [4.69, 9.17) is 4.74 Å². The third kappa shape index (κ3) is 4.43. The number of carbonyl (C=O) groups is 1. The molecule has 2 saturated heterocycles. The van der Waals surface area contributed by atoms with Gasteiger partial charge in [-0.1, -0.05) is 18.2 Å². The molecule has 1 aromatic carbocycles. The van der Waals surface area contributed by atoms with Crippen LogP contribution in [0.15, 0.2) is 30.3 Å². The third-order valence-electron chi connectivity index (χ3n) is 6.17. The van der Waals surface area contributed by atoms with Crippen molar-refractivity contribution in [2.24, 2.45) is 7.05 Å². The summed E-state index contributed by atoms with van der Waals surface area (Å²) in [4.78, 5) is 14.4. The van der Waals surface area contributed by atoms with Crippen LogP contribution in [0.2, 0.25) is 0 Å². The van der Waals surface area contributed by atoms with Gasteiger partial charge in [0.25, 0.3) is 5.91 Å². The normalized spacial score (nSPS) is 22.0. The number of alkyl halides is 3. The van der Waals surface area contributed by atoms with Crippen LogP contribution in [0.5, 0.6) is 0 Å². The molecule has 1 N–H and O–H groups in total. The Kier molecular flexibility index (Phi) is 5.33. The fraction of sp³-hybridized carbons (Fsp3) is 0.571. The predicted molar refractivity (Wildman–Crippen MR) is 104 cm³/mol. The van der Waals surface area contributed by atoms with Gasteiger partial charge in [-0.3, -0.25) is 4.79 Å². The fourth-order valence-corrected chi connectivity index (χ4v) is 4.47. The van der Waals surface area contributed by atoms with Crippen molar-refractivity contribution in [1.29, 1.82) is 0 Å². The van der Waals surface area contributed by atoms with Gasteiger partial charge < -0.3 is 19.5 Å². The number of nitrogens with zero attached hydrogens (tertiary/aromatic N) is 2. The van der Waals surface area contributed by atoms with Crippen LogP contribution in [0.4, 0.5) is 13.2 Å². The molecule has 8 heteroatoms. The van der Waals surface area contributed by atoms with Gasteiger partial charge in [0.15, 0.2) is 0 Å². The molecule has 0 bridgehead atoms. The Morgan fingerprint density at radius 3 is 2.62 bits per heavy atom. The summed E-state index contributed by atoms with van der Waals surface area (Å²) < 4.78 is 45.0. The Bertz CT molecular complexity index is 877. The van der Waals surface area contributed by atoms with Gasteiger partial charge in [0.2, 0.25) is 0 Å². The lowest BCUT2D eigenvalue weighted by atomic mass is 9.80. The van der Waals surface area contributed by atoms with Gasteiger partial charge in [-0.15, -0.1) is 0 Å². The smallest absolute Gasteiger partial charge is 0.370 e. The summed E-state index contributed by atoms with van der Waals surface area (Å²) in [7, 11) is 1.87. The first-order chi connectivity index (χ1) is 13.7. The Labute approximate surface area is 167 Å². The molecule has 0 radical (unpaired) electrons. The zero-order valence-corrected chi connectivity index (χ0v) is 16.5. The van der Waals surface area contributed by atoms with Crippen molar-refractivity contribution >= 4 is 16.8 Å². The van der Waals surface area contributed by atoms with E-state index in [1.54, 1.807) is 0 Å². The Balaban J connectivity index is 1.22. The van der Waals surface area contributed by atoms with Gasteiger partial charge in [-0.25, -0.2) is 0 Å². The summed E-state index contributed by atoms with van der Waals surface area (Å²) >= 11 is 0. The van der Waals surface area contributed by atoms with Crippen LogP contribution in [0.3, 0.4) is 0 Å². The van der Waals surface area contributed by atoms with Crippen LogP contribution < -0.4 is 5.32 Å². The zero-order chi connectivity index (χ0) is 20.6. The van der Waals surface area contributed by atoms with E-state index in [-0.39, 0.29) is 24.2 Å². The molecule has 2 aliphatic rings. The maximum Gasteiger partial charge on any atom is 0.390 e. The first-order valence-electron chi connectivity index (χ1n) is 10.0. The Hall–Kier alpha value is -2.06. The van der Waals surface area contributed by atoms with E-state index >= 15 is 0 Å². The van der Waals surface area contributed by atoms with Crippen molar-refractivity contribution in [2.75, 3.05) is 26.2 Å². The molecular weight excluding hydrogens is 383 g/mol. The van der Waals surface area contributed by atoms with Crippen LogP contribution in [0, 0.1) is 0 Å². The van der Waals surface area contributed by atoms with Gasteiger partial charge >= 0.3 is 6.18 Å². The standard InChI is InChI=1S/C21H26F3N3O2/c1-26-17-5-3-2-4-15(17)12-18(26)19(28)25-14-16-13-20(29-16)6-9-27(10-7-20)11-8-21(22,23)24/h2-5,12,16H,6-11,13-14H2,1H3,(H,25,28). The zero-order valence-electron chi connectivity index (χ0n) is 16.5. The SMILES string of the molecule is Cn1c(C(=O)NCC2CC3(CCN(CCC(F)(F)F)CC3)O2)cc2ccccc21. The summed E-state index contributed by atoms with van der Waals surface area (Å²) in [5.74, 6) is -0.129. The number of aromatic nitrogens is 1. The van der Waals surface area contributed by atoms with Crippen molar-refractivity contribution in [3.05, 3.63) is 36.0 Å². The average molecular weight is 409 g/mol.